The van der Waals surface area contributed by atoms with Crippen LogP contribution in [0, 0.1) is 0 Å². The summed E-state index contributed by atoms with van der Waals surface area (Å²) in [5.41, 5.74) is 4.00. The topological polar surface area (TPSA) is 100 Å². The molecule has 1 aromatic heterocycles. The van der Waals surface area contributed by atoms with Gasteiger partial charge in [0, 0.05) is 23.6 Å². The molecule has 0 saturated heterocycles. The minimum atomic E-state index is -0.688. The van der Waals surface area contributed by atoms with Gasteiger partial charge in [-0.3, -0.25) is 9.59 Å². The van der Waals surface area contributed by atoms with Crippen LogP contribution < -0.4 is 5.32 Å². The van der Waals surface area contributed by atoms with Gasteiger partial charge < -0.3 is 15.3 Å². The zero-order valence-corrected chi connectivity index (χ0v) is 18.6. The van der Waals surface area contributed by atoms with E-state index >= 15 is 0 Å². The molecule has 0 bridgehead atoms. The molecule has 2 N–H and O–H groups in total. The Morgan fingerprint density at radius 3 is 2.76 bits per heavy atom. The van der Waals surface area contributed by atoms with E-state index in [4.69, 9.17) is 0 Å². The molecular formula is C25H27N5O3. The Kier molecular flexibility index (Phi) is 4.39. The number of aromatic nitrogens is 3. The van der Waals surface area contributed by atoms with E-state index in [9.17, 15) is 14.7 Å². The van der Waals surface area contributed by atoms with E-state index in [1.807, 2.05) is 41.1 Å². The van der Waals surface area contributed by atoms with Gasteiger partial charge in [-0.2, -0.15) is 0 Å². The van der Waals surface area contributed by atoms with Crippen molar-refractivity contribution in [1.29, 1.82) is 0 Å². The number of hydrogen-bond donors (Lipinski definition) is 2. The number of carbonyl (C=O) groups excluding carboxylic acids is 2. The SMILES string of the molecule is CC1(O)CC(NC(=O)CN2CC3(CC3)c3cc(Cn4nnc5ccccc54)ccc3C2=O)C1. The maximum Gasteiger partial charge on any atom is 0.254 e. The third kappa shape index (κ3) is 3.58. The molecule has 1 aliphatic heterocycles. The fourth-order valence-electron chi connectivity index (χ4n) is 5.47. The van der Waals surface area contributed by atoms with Crippen LogP contribution in [0.3, 0.4) is 0 Å². The first-order valence-electron chi connectivity index (χ1n) is 11.5. The molecule has 170 valence electrons. The van der Waals surface area contributed by atoms with Crippen LogP contribution in [0.4, 0.5) is 0 Å². The van der Waals surface area contributed by atoms with Crippen molar-refractivity contribution >= 4 is 22.8 Å². The number of carbonyl (C=O) groups is 2. The van der Waals surface area contributed by atoms with Crippen molar-refractivity contribution in [1.82, 2.24) is 25.2 Å². The molecule has 2 aliphatic carbocycles. The van der Waals surface area contributed by atoms with Crippen LogP contribution in [0.15, 0.2) is 42.5 Å². The lowest BCUT2D eigenvalue weighted by molar-refractivity contribution is -0.125. The van der Waals surface area contributed by atoms with Gasteiger partial charge in [0.05, 0.1) is 24.2 Å². The number of nitrogens with one attached hydrogen (secondary N) is 1. The lowest BCUT2D eigenvalue weighted by Crippen LogP contribution is -2.56. The van der Waals surface area contributed by atoms with Crippen LogP contribution in [0.2, 0.25) is 0 Å². The van der Waals surface area contributed by atoms with Gasteiger partial charge in [-0.25, -0.2) is 4.68 Å². The Bertz CT molecular complexity index is 1270. The monoisotopic (exact) mass is 445 g/mol. The molecule has 2 fully saturated rings. The third-order valence-corrected chi connectivity index (χ3v) is 7.34. The number of fused-ring (bicyclic) bond motifs is 3. The zero-order valence-electron chi connectivity index (χ0n) is 18.6. The largest absolute Gasteiger partial charge is 0.390 e. The molecule has 2 aromatic carbocycles. The van der Waals surface area contributed by atoms with Crippen LogP contribution >= 0.6 is 0 Å². The van der Waals surface area contributed by atoms with E-state index in [-0.39, 0.29) is 29.8 Å². The minimum absolute atomic E-state index is 0.00927. The molecule has 0 atom stereocenters. The van der Waals surface area contributed by atoms with Gasteiger partial charge in [-0.1, -0.05) is 29.5 Å². The van der Waals surface area contributed by atoms with E-state index in [1.54, 1.807) is 11.8 Å². The standard InChI is InChI=1S/C25H27N5O3/c1-24(33)11-17(12-24)26-22(31)14-29-15-25(8-9-25)19-10-16(6-7-18(19)23(29)32)13-30-21-5-3-2-4-20(21)27-28-30/h2-7,10,17,33H,8-9,11-15H2,1H3,(H,26,31). The van der Waals surface area contributed by atoms with Crippen molar-refractivity contribution < 1.29 is 14.7 Å². The summed E-state index contributed by atoms with van der Waals surface area (Å²) in [4.78, 5) is 27.5. The molecule has 2 heterocycles. The second-order valence-electron chi connectivity index (χ2n) is 10.2. The van der Waals surface area contributed by atoms with E-state index in [0.29, 0.717) is 31.5 Å². The molecule has 6 rings (SSSR count). The van der Waals surface area contributed by atoms with Gasteiger partial charge in [-0.15, -0.1) is 5.10 Å². The van der Waals surface area contributed by atoms with Gasteiger partial charge in [0.2, 0.25) is 5.91 Å². The summed E-state index contributed by atoms with van der Waals surface area (Å²) < 4.78 is 1.88. The first-order valence-corrected chi connectivity index (χ1v) is 11.5. The molecule has 33 heavy (non-hydrogen) atoms. The first-order chi connectivity index (χ1) is 15.8. The molecule has 2 amide bonds. The summed E-state index contributed by atoms with van der Waals surface area (Å²) in [5.74, 6) is -0.242. The summed E-state index contributed by atoms with van der Waals surface area (Å²) >= 11 is 0. The molecule has 2 saturated carbocycles. The number of rotatable bonds is 5. The summed E-state index contributed by atoms with van der Waals surface area (Å²) in [6, 6.07) is 13.9. The quantitative estimate of drug-likeness (QED) is 0.626. The predicted octanol–water partition coefficient (Wildman–Crippen LogP) is 2.00. The number of hydrogen-bond acceptors (Lipinski definition) is 5. The number of nitrogens with zero attached hydrogens (tertiary/aromatic N) is 4. The zero-order chi connectivity index (χ0) is 22.8. The normalized spacial score (nSPS) is 25.1. The molecule has 0 radical (unpaired) electrons. The molecule has 3 aromatic rings. The first kappa shape index (κ1) is 20.4. The lowest BCUT2D eigenvalue weighted by Gasteiger charge is -2.41. The Morgan fingerprint density at radius 2 is 2.00 bits per heavy atom. The number of para-hydroxylation sites is 1. The fraction of sp³-hybridized carbons (Fsp3) is 0.440. The van der Waals surface area contributed by atoms with Crippen molar-refractivity contribution in [3.63, 3.8) is 0 Å². The summed E-state index contributed by atoms with van der Waals surface area (Å²) in [6.45, 7) is 3.00. The summed E-state index contributed by atoms with van der Waals surface area (Å²) in [7, 11) is 0. The molecule has 3 aliphatic rings. The molecule has 8 nitrogen and oxygen atoms in total. The maximum atomic E-state index is 13.2. The van der Waals surface area contributed by atoms with E-state index in [2.05, 4.69) is 21.7 Å². The van der Waals surface area contributed by atoms with Crippen LogP contribution in [0.1, 0.15) is 54.1 Å². The maximum absolute atomic E-state index is 13.2. The lowest BCUT2D eigenvalue weighted by atomic mass is 9.77. The van der Waals surface area contributed by atoms with Crippen LogP contribution in [-0.2, 0) is 16.8 Å². The Hall–Kier alpha value is -3.26. The van der Waals surface area contributed by atoms with Gasteiger partial charge in [0.1, 0.15) is 5.52 Å². The Balaban J connectivity index is 1.20. The predicted molar refractivity (Wildman–Crippen MR) is 122 cm³/mol. The number of amides is 2. The van der Waals surface area contributed by atoms with Gasteiger partial charge in [0.15, 0.2) is 0 Å². The summed E-state index contributed by atoms with van der Waals surface area (Å²) in [6.07, 6.45) is 3.16. The van der Waals surface area contributed by atoms with Crippen LogP contribution in [0.25, 0.3) is 11.0 Å². The smallest absolute Gasteiger partial charge is 0.254 e. The van der Waals surface area contributed by atoms with E-state index in [0.717, 1.165) is 35.0 Å². The van der Waals surface area contributed by atoms with Crippen LogP contribution in [0.5, 0.6) is 0 Å². The fourth-order valence-corrected chi connectivity index (χ4v) is 5.47. The highest BCUT2D eigenvalue weighted by Crippen LogP contribution is 2.52. The van der Waals surface area contributed by atoms with E-state index < -0.39 is 5.60 Å². The third-order valence-electron chi connectivity index (χ3n) is 7.34. The van der Waals surface area contributed by atoms with Crippen molar-refractivity contribution in [3.8, 4) is 0 Å². The van der Waals surface area contributed by atoms with Crippen LogP contribution in [-0.4, -0.2) is 61.5 Å². The van der Waals surface area contributed by atoms with Crippen molar-refractivity contribution in [2.45, 2.75) is 56.2 Å². The highest BCUT2D eigenvalue weighted by atomic mass is 16.3. The Labute approximate surface area is 191 Å². The number of benzene rings is 2. The second kappa shape index (κ2) is 7.12. The molecule has 8 heteroatoms. The molecule has 0 unspecified atom stereocenters. The highest BCUT2D eigenvalue weighted by molar-refractivity contribution is 5.99. The van der Waals surface area contributed by atoms with E-state index in [1.165, 1.54) is 0 Å². The van der Waals surface area contributed by atoms with Crippen molar-refractivity contribution in [2.24, 2.45) is 0 Å². The average molecular weight is 446 g/mol. The summed E-state index contributed by atoms with van der Waals surface area (Å²) in [5, 5.41) is 21.4. The Morgan fingerprint density at radius 1 is 1.21 bits per heavy atom. The van der Waals surface area contributed by atoms with Crippen molar-refractivity contribution in [2.75, 3.05) is 13.1 Å². The van der Waals surface area contributed by atoms with Gasteiger partial charge >= 0.3 is 0 Å². The number of aliphatic hydroxyl groups is 1. The molecule has 1 spiro atoms. The average Bonchev–Trinajstić information content (AvgIpc) is 3.43. The molecular weight excluding hydrogens is 418 g/mol. The minimum Gasteiger partial charge on any atom is -0.390 e. The van der Waals surface area contributed by atoms with Gasteiger partial charge in [-0.05, 0) is 61.9 Å². The van der Waals surface area contributed by atoms with Gasteiger partial charge in [0.25, 0.3) is 5.91 Å². The van der Waals surface area contributed by atoms with Crippen molar-refractivity contribution in [3.05, 3.63) is 59.2 Å². The highest BCUT2D eigenvalue weighted by Gasteiger charge is 2.51. The second-order valence-corrected chi connectivity index (χ2v) is 10.2.